The fourth-order valence-electron chi connectivity index (χ4n) is 3.10. The number of hydrogen-bond donors (Lipinski definition) is 1. The van der Waals surface area contributed by atoms with Gasteiger partial charge in [0.05, 0.1) is 5.69 Å². The molecule has 1 aliphatic heterocycles. The van der Waals surface area contributed by atoms with Gasteiger partial charge in [0.1, 0.15) is 17.9 Å². The highest BCUT2D eigenvalue weighted by Crippen LogP contribution is 2.24. The number of rotatable bonds is 5. The Bertz CT molecular complexity index is 1220. The topological polar surface area (TPSA) is 75.7 Å². The Morgan fingerprint density at radius 3 is 2.38 bits per heavy atom. The van der Waals surface area contributed by atoms with E-state index in [9.17, 15) is 14.4 Å². The van der Waals surface area contributed by atoms with E-state index < -0.39 is 17.8 Å². The molecule has 0 atom stereocenters. The molecule has 1 fully saturated rings. The first kappa shape index (κ1) is 21.8. The zero-order valence-electron chi connectivity index (χ0n) is 16.5. The van der Waals surface area contributed by atoms with Gasteiger partial charge in [-0.05, 0) is 65.7 Å². The number of carbonyl (C=O) groups excluding carboxylic acids is 3. The van der Waals surface area contributed by atoms with Crippen LogP contribution in [0.15, 0.2) is 82.8 Å². The highest BCUT2D eigenvalue weighted by molar-refractivity contribution is 9.10. The molecule has 160 valence electrons. The van der Waals surface area contributed by atoms with Crippen molar-refractivity contribution in [1.29, 1.82) is 0 Å². The van der Waals surface area contributed by atoms with Gasteiger partial charge in [0.2, 0.25) is 0 Å². The summed E-state index contributed by atoms with van der Waals surface area (Å²) >= 11 is 9.29. The third kappa shape index (κ3) is 4.90. The van der Waals surface area contributed by atoms with Gasteiger partial charge in [-0.2, -0.15) is 0 Å². The van der Waals surface area contributed by atoms with E-state index >= 15 is 0 Å². The third-order valence-electron chi connectivity index (χ3n) is 4.67. The van der Waals surface area contributed by atoms with Gasteiger partial charge in [-0.3, -0.25) is 14.9 Å². The van der Waals surface area contributed by atoms with E-state index in [4.69, 9.17) is 16.3 Å². The lowest BCUT2D eigenvalue weighted by atomic mass is 10.1. The van der Waals surface area contributed by atoms with Gasteiger partial charge < -0.3 is 4.74 Å². The molecule has 32 heavy (non-hydrogen) atoms. The lowest BCUT2D eigenvalue weighted by Gasteiger charge is -2.26. The van der Waals surface area contributed by atoms with Crippen molar-refractivity contribution in [2.75, 3.05) is 4.90 Å². The van der Waals surface area contributed by atoms with Crippen LogP contribution in [0.25, 0.3) is 6.08 Å². The van der Waals surface area contributed by atoms with Gasteiger partial charge in [-0.25, -0.2) is 9.69 Å². The van der Waals surface area contributed by atoms with Gasteiger partial charge in [-0.15, -0.1) is 0 Å². The van der Waals surface area contributed by atoms with Crippen molar-refractivity contribution in [3.05, 3.63) is 99.0 Å². The molecule has 3 aromatic carbocycles. The number of nitrogens with one attached hydrogen (secondary N) is 1. The number of urea groups is 1. The van der Waals surface area contributed by atoms with Crippen LogP contribution in [0, 0.1) is 0 Å². The van der Waals surface area contributed by atoms with E-state index in [2.05, 4.69) is 21.2 Å². The quantitative estimate of drug-likeness (QED) is 0.370. The number of benzene rings is 3. The highest BCUT2D eigenvalue weighted by Gasteiger charge is 2.36. The zero-order chi connectivity index (χ0) is 22.7. The summed E-state index contributed by atoms with van der Waals surface area (Å²) in [6.07, 6.45) is 1.44. The first-order valence-corrected chi connectivity index (χ1v) is 10.7. The minimum atomic E-state index is -0.788. The van der Waals surface area contributed by atoms with Crippen LogP contribution in [0.1, 0.15) is 11.1 Å². The van der Waals surface area contributed by atoms with E-state index in [1.807, 2.05) is 18.2 Å². The van der Waals surface area contributed by atoms with Crippen molar-refractivity contribution in [1.82, 2.24) is 5.32 Å². The van der Waals surface area contributed by atoms with Crippen molar-refractivity contribution in [3.63, 3.8) is 0 Å². The van der Waals surface area contributed by atoms with E-state index in [-0.39, 0.29) is 5.57 Å². The molecule has 0 saturated carbocycles. The van der Waals surface area contributed by atoms with E-state index in [1.165, 1.54) is 6.08 Å². The fraction of sp³-hybridized carbons (Fsp3) is 0.0417. The maximum absolute atomic E-state index is 12.9. The van der Waals surface area contributed by atoms with Gasteiger partial charge in [-0.1, -0.05) is 51.8 Å². The largest absolute Gasteiger partial charge is 0.489 e. The van der Waals surface area contributed by atoms with Crippen LogP contribution < -0.4 is 15.0 Å². The van der Waals surface area contributed by atoms with E-state index in [1.54, 1.807) is 54.6 Å². The van der Waals surface area contributed by atoms with Crippen molar-refractivity contribution in [3.8, 4) is 5.75 Å². The average Bonchev–Trinajstić information content (AvgIpc) is 2.77. The highest BCUT2D eigenvalue weighted by atomic mass is 79.9. The maximum Gasteiger partial charge on any atom is 0.335 e. The Hall–Kier alpha value is -3.42. The van der Waals surface area contributed by atoms with Crippen LogP contribution in [-0.4, -0.2) is 17.8 Å². The summed E-state index contributed by atoms with van der Waals surface area (Å²) in [6.45, 7) is 0.353. The molecule has 4 rings (SSSR count). The smallest absolute Gasteiger partial charge is 0.335 e. The molecule has 3 aromatic rings. The van der Waals surface area contributed by atoms with Gasteiger partial charge in [0.25, 0.3) is 11.8 Å². The van der Waals surface area contributed by atoms with Crippen molar-refractivity contribution < 1.29 is 19.1 Å². The third-order valence-corrected chi connectivity index (χ3v) is 5.44. The number of anilines is 1. The summed E-state index contributed by atoms with van der Waals surface area (Å²) in [5, 5.41) is 2.85. The molecule has 0 aliphatic carbocycles. The molecule has 6 nitrogen and oxygen atoms in total. The van der Waals surface area contributed by atoms with E-state index in [0.29, 0.717) is 28.6 Å². The first-order valence-electron chi connectivity index (χ1n) is 9.55. The van der Waals surface area contributed by atoms with Crippen LogP contribution in [0.5, 0.6) is 5.75 Å². The molecule has 0 spiro atoms. The SMILES string of the molecule is O=C1NC(=O)N(c2ccc(Br)cc2)C(=O)/C1=C/c1ccc(OCc2cccc(Cl)c2)cc1. The number of barbiturate groups is 1. The Balaban J connectivity index is 1.51. The zero-order valence-corrected chi connectivity index (χ0v) is 18.9. The van der Waals surface area contributed by atoms with E-state index in [0.717, 1.165) is 14.9 Å². The van der Waals surface area contributed by atoms with Crippen LogP contribution in [0.2, 0.25) is 5.02 Å². The number of amides is 4. The Kier molecular flexibility index (Phi) is 6.39. The van der Waals surface area contributed by atoms with Crippen molar-refractivity contribution >= 4 is 57.1 Å². The second-order valence-corrected chi connectivity index (χ2v) is 8.27. The predicted octanol–water partition coefficient (Wildman–Crippen LogP) is 5.35. The standard InChI is InChI=1S/C24H16BrClN2O4/c25-17-6-8-19(9-7-17)28-23(30)21(22(29)27-24(28)31)13-15-4-10-20(11-5-15)32-14-16-2-1-3-18(26)12-16/h1-13H,14H2,(H,27,29,31)/b21-13+. The molecule has 1 N–H and O–H groups in total. The number of halogens is 2. The summed E-state index contributed by atoms with van der Waals surface area (Å²) < 4.78 is 6.55. The number of ether oxygens (including phenoxy) is 1. The minimum absolute atomic E-state index is 0.139. The molecule has 1 aliphatic rings. The lowest BCUT2D eigenvalue weighted by Crippen LogP contribution is -2.54. The summed E-state index contributed by atoms with van der Waals surface area (Å²) in [5.41, 5.74) is 1.77. The van der Waals surface area contributed by atoms with Crippen molar-refractivity contribution in [2.24, 2.45) is 0 Å². The molecule has 8 heteroatoms. The summed E-state index contributed by atoms with van der Waals surface area (Å²) in [6, 6.07) is 20.2. The normalized spacial score (nSPS) is 15.1. The predicted molar refractivity (Wildman–Crippen MR) is 125 cm³/mol. The maximum atomic E-state index is 12.9. The van der Waals surface area contributed by atoms with Crippen molar-refractivity contribution in [2.45, 2.75) is 6.61 Å². The number of nitrogens with zero attached hydrogens (tertiary/aromatic N) is 1. The molecule has 0 radical (unpaired) electrons. The molecule has 1 heterocycles. The number of carbonyl (C=O) groups is 3. The van der Waals surface area contributed by atoms with Crippen LogP contribution in [0.3, 0.4) is 0 Å². The van der Waals surface area contributed by atoms with Crippen LogP contribution in [-0.2, 0) is 16.2 Å². The second kappa shape index (κ2) is 9.38. The molecular weight excluding hydrogens is 496 g/mol. The lowest BCUT2D eigenvalue weighted by molar-refractivity contribution is -0.122. The Labute approximate surface area is 197 Å². The summed E-state index contributed by atoms with van der Waals surface area (Å²) in [5.74, 6) is -0.810. The number of hydrogen-bond acceptors (Lipinski definition) is 4. The van der Waals surface area contributed by atoms with Gasteiger partial charge in [0.15, 0.2) is 0 Å². The Morgan fingerprint density at radius 1 is 0.969 bits per heavy atom. The summed E-state index contributed by atoms with van der Waals surface area (Å²) in [4.78, 5) is 38.4. The molecule has 1 saturated heterocycles. The second-order valence-electron chi connectivity index (χ2n) is 6.92. The van der Waals surface area contributed by atoms with Crippen LogP contribution >= 0.6 is 27.5 Å². The average molecular weight is 512 g/mol. The molecular formula is C24H16BrClN2O4. The molecule has 0 unspecified atom stereocenters. The van der Waals surface area contributed by atoms with Gasteiger partial charge in [0, 0.05) is 9.50 Å². The molecule has 0 bridgehead atoms. The van der Waals surface area contributed by atoms with Crippen LogP contribution in [0.4, 0.5) is 10.5 Å². The molecule has 4 amide bonds. The monoisotopic (exact) mass is 510 g/mol. The minimum Gasteiger partial charge on any atom is -0.489 e. The molecule has 0 aromatic heterocycles. The number of imide groups is 2. The fourth-order valence-corrected chi connectivity index (χ4v) is 3.58. The first-order chi connectivity index (χ1) is 15.4. The summed E-state index contributed by atoms with van der Waals surface area (Å²) in [7, 11) is 0. The Morgan fingerprint density at radius 2 is 1.69 bits per heavy atom. The van der Waals surface area contributed by atoms with Gasteiger partial charge >= 0.3 is 6.03 Å².